The minimum absolute atomic E-state index is 0.431. The van der Waals surface area contributed by atoms with E-state index in [1.165, 1.54) is 37.1 Å². The zero-order valence-electron chi connectivity index (χ0n) is 21.2. The molecular weight excluding hydrogens is 519 g/mol. The number of anilines is 2. The quantitative estimate of drug-likeness (QED) is 0.207. The third-order valence-corrected chi connectivity index (χ3v) is 10.3. The van der Waals surface area contributed by atoms with Crippen LogP contribution in [0.1, 0.15) is 55.6 Å². The topological polar surface area (TPSA) is 74.1 Å². The highest BCUT2D eigenvalue weighted by atomic mass is 32.2. The standard InChI is InChI=1S/C28H33N5OS3/c1-35-27-23(18-29)25(20-7-3-2-4-8-20)26(37-27)24-11-12-30-28(32-24)31-21-9-5-10-22(17-21)34-15-6-13-33-14-16-36-19-33/h5,9-12,17,20H,2-4,6-8,13-16,19H2,1H3,(H,30,31,32). The Hall–Kier alpha value is -2.25. The van der Waals surface area contributed by atoms with E-state index in [0.717, 1.165) is 63.5 Å². The highest BCUT2D eigenvalue weighted by molar-refractivity contribution is 8.00. The summed E-state index contributed by atoms with van der Waals surface area (Å²) in [4.78, 5) is 13.0. The van der Waals surface area contributed by atoms with Crippen LogP contribution in [-0.2, 0) is 0 Å². The number of nitrogens with one attached hydrogen (secondary N) is 1. The molecule has 3 heterocycles. The van der Waals surface area contributed by atoms with E-state index in [1.807, 2.05) is 42.1 Å². The lowest BCUT2D eigenvalue weighted by atomic mass is 9.82. The molecule has 2 fully saturated rings. The lowest BCUT2D eigenvalue weighted by Gasteiger charge is -2.22. The first-order valence-electron chi connectivity index (χ1n) is 13.0. The molecule has 9 heteroatoms. The van der Waals surface area contributed by atoms with E-state index in [4.69, 9.17) is 9.72 Å². The molecule has 2 aliphatic rings. The van der Waals surface area contributed by atoms with E-state index < -0.39 is 0 Å². The number of nitriles is 1. The number of hydrogen-bond donors (Lipinski definition) is 1. The Kier molecular flexibility index (Phi) is 9.27. The fraction of sp³-hybridized carbons (Fsp3) is 0.464. The number of thioether (sulfide) groups is 2. The first-order valence-corrected chi connectivity index (χ1v) is 16.2. The average Bonchev–Trinajstić information content (AvgIpc) is 3.60. The van der Waals surface area contributed by atoms with E-state index in [1.54, 1.807) is 29.3 Å². The van der Waals surface area contributed by atoms with Crippen molar-refractivity contribution >= 4 is 46.5 Å². The van der Waals surface area contributed by atoms with Crippen LogP contribution in [0.3, 0.4) is 0 Å². The van der Waals surface area contributed by atoms with E-state index >= 15 is 0 Å². The number of hydrogen-bond acceptors (Lipinski definition) is 9. The summed E-state index contributed by atoms with van der Waals surface area (Å²) in [5.41, 5.74) is 3.82. The van der Waals surface area contributed by atoms with Crippen molar-refractivity contribution in [1.29, 1.82) is 5.26 Å². The molecule has 1 aliphatic heterocycles. The van der Waals surface area contributed by atoms with Crippen LogP contribution in [0, 0.1) is 11.3 Å². The molecule has 0 spiro atoms. The summed E-state index contributed by atoms with van der Waals surface area (Å²) in [7, 11) is 0. The van der Waals surface area contributed by atoms with Crippen LogP contribution in [0.2, 0.25) is 0 Å². The molecule has 6 nitrogen and oxygen atoms in total. The van der Waals surface area contributed by atoms with Crippen molar-refractivity contribution in [2.75, 3.05) is 42.9 Å². The van der Waals surface area contributed by atoms with Crippen molar-refractivity contribution in [3.8, 4) is 22.4 Å². The summed E-state index contributed by atoms with van der Waals surface area (Å²) in [6.07, 6.45) is 10.9. The lowest BCUT2D eigenvalue weighted by Crippen LogP contribution is -2.22. The molecule has 1 aliphatic carbocycles. The van der Waals surface area contributed by atoms with Crippen molar-refractivity contribution < 1.29 is 4.74 Å². The summed E-state index contributed by atoms with van der Waals surface area (Å²) in [5, 5.41) is 13.4. The van der Waals surface area contributed by atoms with Crippen molar-refractivity contribution in [2.24, 2.45) is 0 Å². The van der Waals surface area contributed by atoms with Crippen LogP contribution in [0.4, 0.5) is 11.6 Å². The number of nitrogens with zero attached hydrogens (tertiary/aromatic N) is 4. The van der Waals surface area contributed by atoms with Gasteiger partial charge < -0.3 is 10.1 Å². The molecule has 0 atom stereocenters. The van der Waals surface area contributed by atoms with Gasteiger partial charge in [-0.3, -0.25) is 4.90 Å². The molecule has 0 radical (unpaired) electrons. The molecule has 194 valence electrons. The average molecular weight is 552 g/mol. The van der Waals surface area contributed by atoms with E-state index in [-0.39, 0.29) is 0 Å². The minimum atomic E-state index is 0.431. The zero-order chi connectivity index (χ0) is 25.5. The molecule has 3 aromatic rings. The maximum absolute atomic E-state index is 10.0. The second kappa shape index (κ2) is 13.0. The van der Waals surface area contributed by atoms with Gasteiger partial charge in [-0.25, -0.2) is 9.97 Å². The smallest absolute Gasteiger partial charge is 0.227 e. The van der Waals surface area contributed by atoms with Gasteiger partial charge in [-0.05, 0) is 55.2 Å². The molecule has 1 N–H and O–H groups in total. The summed E-state index contributed by atoms with van der Waals surface area (Å²) in [5.74, 6) is 4.21. The molecule has 5 rings (SSSR count). The van der Waals surface area contributed by atoms with Gasteiger partial charge in [-0.15, -0.1) is 34.9 Å². The maximum atomic E-state index is 10.0. The predicted octanol–water partition coefficient (Wildman–Crippen LogP) is 7.37. The molecular formula is C28H33N5OS3. The largest absolute Gasteiger partial charge is 0.493 e. The SMILES string of the molecule is CSc1sc(-c2ccnc(Nc3cccc(OCCCN4CCSC4)c3)n2)c(C2CCCCC2)c1C#N. The Labute approximate surface area is 232 Å². The van der Waals surface area contributed by atoms with E-state index in [0.29, 0.717) is 18.5 Å². The highest BCUT2D eigenvalue weighted by Gasteiger charge is 2.27. The van der Waals surface area contributed by atoms with Crippen molar-refractivity contribution in [3.05, 3.63) is 47.7 Å². The van der Waals surface area contributed by atoms with Crippen molar-refractivity contribution in [1.82, 2.24) is 14.9 Å². The second-order valence-electron chi connectivity index (χ2n) is 9.43. The van der Waals surface area contributed by atoms with Crippen molar-refractivity contribution in [3.63, 3.8) is 0 Å². The number of aromatic nitrogens is 2. The molecule has 0 amide bonds. The number of ether oxygens (including phenoxy) is 1. The maximum Gasteiger partial charge on any atom is 0.227 e. The molecule has 1 saturated heterocycles. The summed E-state index contributed by atoms with van der Waals surface area (Å²) in [6, 6.07) is 12.5. The van der Waals surface area contributed by atoms with Crippen LogP contribution >= 0.6 is 34.9 Å². The first-order chi connectivity index (χ1) is 18.2. The third-order valence-electron chi connectivity index (χ3n) is 6.91. The molecule has 0 bridgehead atoms. The molecule has 37 heavy (non-hydrogen) atoms. The lowest BCUT2D eigenvalue weighted by molar-refractivity contribution is 0.269. The number of benzene rings is 1. The van der Waals surface area contributed by atoms with Crippen LogP contribution in [0.15, 0.2) is 40.7 Å². The van der Waals surface area contributed by atoms with Gasteiger partial charge in [0.25, 0.3) is 0 Å². The highest BCUT2D eigenvalue weighted by Crippen LogP contribution is 2.47. The molecule has 1 aromatic carbocycles. The minimum Gasteiger partial charge on any atom is -0.493 e. The molecule has 1 saturated carbocycles. The number of thiophene rings is 1. The summed E-state index contributed by atoms with van der Waals surface area (Å²) in [6.45, 7) is 2.98. The van der Waals surface area contributed by atoms with Gasteiger partial charge in [0.2, 0.25) is 5.95 Å². The summed E-state index contributed by atoms with van der Waals surface area (Å²) >= 11 is 5.35. The van der Waals surface area contributed by atoms with Crippen LogP contribution < -0.4 is 10.1 Å². The monoisotopic (exact) mass is 551 g/mol. The van der Waals surface area contributed by atoms with Crippen LogP contribution in [0.25, 0.3) is 10.6 Å². The van der Waals surface area contributed by atoms with Gasteiger partial charge >= 0.3 is 0 Å². The Morgan fingerprint density at radius 1 is 1.24 bits per heavy atom. The Morgan fingerprint density at radius 3 is 2.92 bits per heavy atom. The van der Waals surface area contributed by atoms with Gasteiger partial charge in [0, 0.05) is 42.7 Å². The zero-order valence-corrected chi connectivity index (χ0v) is 23.7. The normalized spacial score (nSPS) is 16.5. The van der Waals surface area contributed by atoms with Crippen LogP contribution in [-0.4, -0.2) is 52.4 Å². The van der Waals surface area contributed by atoms with Crippen LogP contribution in [0.5, 0.6) is 5.75 Å². The third kappa shape index (κ3) is 6.61. The van der Waals surface area contributed by atoms with Gasteiger partial charge in [0.1, 0.15) is 11.8 Å². The van der Waals surface area contributed by atoms with Gasteiger partial charge in [0.05, 0.1) is 27.0 Å². The van der Waals surface area contributed by atoms with Gasteiger partial charge in [-0.2, -0.15) is 5.26 Å². The fourth-order valence-corrected chi connectivity index (χ4v) is 8.10. The van der Waals surface area contributed by atoms with Gasteiger partial charge in [-0.1, -0.05) is 25.3 Å². The Bertz CT molecular complexity index is 1230. The van der Waals surface area contributed by atoms with E-state index in [9.17, 15) is 5.26 Å². The van der Waals surface area contributed by atoms with Gasteiger partial charge in [0.15, 0.2) is 0 Å². The molecule has 2 aromatic heterocycles. The van der Waals surface area contributed by atoms with E-state index in [2.05, 4.69) is 27.5 Å². The second-order valence-corrected chi connectivity index (χ2v) is 12.6. The summed E-state index contributed by atoms with van der Waals surface area (Å²) < 4.78 is 7.10. The first kappa shape index (κ1) is 26.4. The molecule has 0 unspecified atom stereocenters. The Morgan fingerprint density at radius 2 is 2.14 bits per heavy atom. The Balaban J connectivity index is 1.30. The fourth-order valence-electron chi connectivity index (χ4n) is 5.09. The number of rotatable bonds is 10. The predicted molar refractivity (Wildman–Crippen MR) is 156 cm³/mol. The van der Waals surface area contributed by atoms with Crippen molar-refractivity contribution in [2.45, 2.75) is 48.7 Å².